The second-order valence-corrected chi connectivity index (χ2v) is 8.50. The maximum atomic E-state index is 13.9. The Morgan fingerprint density at radius 1 is 0.848 bits per heavy atom. The minimum atomic E-state index is -0.350. The normalized spacial score (nSPS) is 13.7. The smallest absolute Gasteiger partial charge is 0.282 e. The van der Waals surface area contributed by atoms with Crippen LogP contribution in [0.4, 0.5) is 5.69 Å². The average Bonchev–Trinajstić information content (AvgIpc) is 3.04. The molecule has 1 aliphatic heterocycles. The van der Waals surface area contributed by atoms with Gasteiger partial charge in [-0.05, 0) is 55.2 Å². The second kappa shape index (κ2) is 8.94. The highest BCUT2D eigenvalue weighted by molar-refractivity contribution is 6.45. The summed E-state index contributed by atoms with van der Waals surface area (Å²) in [5.74, 6) is -0.211. The molecule has 3 aromatic rings. The molecule has 0 saturated carbocycles. The largest absolute Gasteiger partial charge is 0.495 e. The Kier molecular flexibility index (Phi) is 6.05. The number of methoxy groups -OCH3 is 1. The molecule has 0 unspecified atom stereocenters. The Balaban J connectivity index is 1.87. The molecule has 0 atom stereocenters. The number of imide groups is 1. The van der Waals surface area contributed by atoms with Crippen LogP contribution in [0.2, 0.25) is 0 Å². The molecule has 1 aliphatic rings. The molecule has 0 saturated heterocycles. The molecule has 0 aliphatic carbocycles. The van der Waals surface area contributed by atoms with Crippen LogP contribution in [0.1, 0.15) is 27.8 Å². The molecule has 0 aromatic heterocycles. The number of nitrogens with zero attached hydrogens (tertiary/aromatic N) is 2. The summed E-state index contributed by atoms with van der Waals surface area (Å²) in [6.45, 7) is 6.41. The summed E-state index contributed by atoms with van der Waals surface area (Å²) >= 11 is 0. The molecule has 0 radical (unpaired) electrons. The lowest BCUT2D eigenvalue weighted by atomic mass is 9.97. The third-order valence-electron chi connectivity index (χ3n) is 5.93. The standard InChI is InChI=1S/C28H28N2O3/c1-18-11-13-22(20(3)15-18)25-26(29(4)17-21-9-7-6-8-10-21)28(32)30(27(25)31)23-16-19(2)12-14-24(23)33-5/h6-16H,17H2,1-5H3. The van der Waals surface area contributed by atoms with E-state index < -0.39 is 0 Å². The number of aryl methyl sites for hydroxylation is 3. The molecule has 4 rings (SSSR count). The van der Waals surface area contributed by atoms with Crippen molar-refractivity contribution in [2.45, 2.75) is 27.3 Å². The molecule has 5 nitrogen and oxygen atoms in total. The van der Waals surface area contributed by atoms with E-state index in [4.69, 9.17) is 4.74 Å². The van der Waals surface area contributed by atoms with Gasteiger partial charge in [0.2, 0.25) is 0 Å². The van der Waals surface area contributed by atoms with Gasteiger partial charge >= 0.3 is 0 Å². The molecule has 0 fully saturated rings. The van der Waals surface area contributed by atoms with Gasteiger partial charge in [0.05, 0.1) is 18.4 Å². The fourth-order valence-electron chi connectivity index (χ4n) is 4.34. The second-order valence-electron chi connectivity index (χ2n) is 8.50. The average molecular weight is 441 g/mol. The summed E-state index contributed by atoms with van der Waals surface area (Å²) in [6, 6.07) is 21.3. The first-order valence-corrected chi connectivity index (χ1v) is 10.9. The zero-order valence-electron chi connectivity index (χ0n) is 19.7. The zero-order valence-corrected chi connectivity index (χ0v) is 19.7. The Morgan fingerprint density at radius 3 is 2.18 bits per heavy atom. The van der Waals surface area contributed by atoms with Crippen molar-refractivity contribution in [1.82, 2.24) is 4.90 Å². The molecule has 168 valence electrons. The van der Waals surface area contributed by atoms with Crippen molar-refractivity contribution in [3.63, 3.8) is 0 Å². The summed E-state index contributed by atoms with van der Waals surface area (Å²) in [4.78, 5) is 30.8. The van der Waals surface area contributed by atoms with E-state index in [0.717, 1.165) is 27.8 Å². The van der Waals surface area contributed by atoms with Crippen LogP contribution in [0.15, 0.2) is 72.4 Å². The fourth-order valence-corrected chi connectivity index (χ4v) is 4.34. The third-order valence-corrected chi connectivity index (χ3v) is 5.93. The Hall–Kier alpha value is -3.86. The van der Waals surface area contributed by atoms with Crippen molar-refractivity contribution in [3.8, 4) is 5.75 Å². The van der Waals surface area contributed by atoms with Crippen molar-refractivity contribution >= 4 is 23.1 Å². The van der Waals surface area contributed by atoms with Gasteiger partial charge in [0, 0.05) is 13.6 Å². The number of anilines is 1. The van der Waals surface area contributed by atoms with Crippen LogP contribution >= 0.6 is 0 Å². The van der Waals surface area contributed by atoms with Crippen molar-refractivity contribution in [2.24, 2.45) is 0 Å². The SMILES string of the molecule is COc1ccc(C)cc1N1C(=O)C(c2ccc(C)cc2C)=C(N(C)Cc2ccccc2)C1=O. The molecule has 0 N–H and O–H groups in total. The number of benzene rings is 3. The van der Waals surface area contributed by atoms with Crippen molar-refractivity contribution in [2.75, 3.05) is 19.1 Å². The molecule has 0 spiro atoms. The van der Waals surface area contributed by atoms with Gasteiger partial charge in [0.1, 0.15) is 11.4 Å². The van der Waals surface area contributed by atoms with Gasteiger partial charge in [0.25, 0.3) is 11.8 Å². The van der Waals surface area contributed by atoms with Crippen molar-refractivity contribution in [1.29, 1.82) is 0 Å². The minimum absolute atomic E-state index is 0.342. The van der Waals surface area contributed by atoms with Crippen LogP contribution in [0.3, 0.4) is 0 Å². The molecule has 5 heteroatoms. The van der Waals surface area contributed by atoms with Crippen LogP contribution in [-0.2, 0) is 16.1 Å². The fraction of sp³-hybridized carbons (Fsp3) is 0.214. The molecule has 2 amide bonds. The monoisotopic (exact) mass is 440 g/mol. The Labute approximate surface area is 194 Å². The van der Waals surface area contributed by atoms with Crippen molar-refractivity contribution < 1.29 is 14.3 Å². The lowest BCUT2D eigenvalue weighted by Gasteiger charge is -2.22. The van der Waals surface area contributed by atoms with Crippen LogP contribution in [-0.4, -0.2) is 30.9 Å². The molecule has 0 bridgehead atoms. The lowest BCUT2D eigenvalue weighted by molar-refractivity contribution is -0.120. The maximum absolute atomic E-state index is 13.9. The minimum Gasteiger partial charge on any atom is -0.495 e. The summed E-state index contributed by atoms with van der Waals surface area (Å²) in [5, 5.41) is 0. The predicted octanol–water partition coefficient (Wildman–Crippen LogP) is 5.04. The molecular formula is C28H28N2O3. The van der Waals surface area contributed by atoms with E-state index in [-0.39, 0.29) is 11.8 Å². The number of likely N-dealkylation sites (N-methyl/N-ethyl adjacent to an activating group) is 1. The number of rotatable bonds is 6. The highest BCUT2D eigenvalue weighted by Gasteiger charge is 2.43. The van der Waals surface area contributed by atoms with Crippen LogP contribution < -0.4 is 9.64 Å². The van der Waals surface area contributed by atoms with Gasteiger partial charge in [-0.2, -0.15) is 0 Å². The van der Waals surface area contributed by atoms with Gasteiger partial charge in [-0.1, -0.05) is 60.2 Å². The number of hydrogen-bond donors (Lipinski definition) is 0. The van der Waals surface area contributed by atoms with Crippen LogP contribution in [0.5, 0.6) is 5.75 Å². The van der Waals surface area contributed by atoms with E-state index >= 15 is 0 Å². The molecular weight excluding hydrogens is 412 g/mol. The van der Waals surface area contributed by atoms with Gasteiger partial charge in [-0.3, -0.25) is 9.59 Å². The highest BCUT2D eigenvalue weighted by atomic mass is 16.5. The Morgan fingerprint density at radius 2 is 1.52 bits per heavy atom. The number of carbonyl (C=O) groups excluding carboxylic acids is 2. The van der Waals surface area contributed by atoms with E-state index in [1.54, 1.807) is 13.2 Å². The van der Waals surface area contributed by atoms with Gasteiger partial charge < -0.3 is 9.64 Å². The quantitative estimate of drug-likeness (QED) is 0.504. The number of hydrogen-bond acceptors (Lipinski definition) is 4. The van der Waals surface area contributed by atoms with Gasteiger partial charge in [-0.25, -0.2) is 4.90 Å². The van der Waals surface area contributed by atoms with E-state index in [2.05, 4.69) is 0 Å². The highest BCUT2D eigenvalue weighted by Crippen LogP contribution is 2.39. The first-order chi connectivity index (χ1) is 15.8. The van der Waals surface area contributed by atoms with E-state index in [1.165, 1.54) is 4.90 Å². The summed E-state index contributed by atoms with van der Waals surface area (Å²) in [7, 11) is 3.40. The van der Waals surface area contributed by atoms with Gasteiger partial charge in [-0.15, -0.1) is 0 Å². The summed E-state index contributed by atoms with van der Waals surface area (Å²) in [6.07, 6.45) is 0. The van der Waals surface area contributed by atoms with E-state index in [1.807, 2.05) is 93.4 Å². The Bertz CT molecular complexity index is 1260. The van der Waals surface area contributed by atoms with E-state index in [9.17, 15) is 9.59 Å². The first kappa shape index (κ1) is 22.3. The summed E-state index contributed by atoms with van der Waals surface area (Å²) < 4.78 is 5.50. The van der Waals surface area contributed by atoms with Gasteiger partial charge in [0.15, 0.2) is 0 Å². The number of ether oxygens (including phenoxy) is 1. The van der Waals surface area contributed by atoms with Crippen molar-refractivity contribution in [3.05, 3.63) is 100 Å². The molecule has 1 heterocycles. The van der Waals surface area contributed by atoms with E-state index in [0.29, 0.717) is 29.3 Å². The number of amides is 2. The maximum Gasteiger partial charge on any atom is 0.282 e. The predicted molar refractivity (Wildman–Crippen MR) is 131 cm³/mol. The van der Waals surface area contributed by atoms with Crippen LogP contribution in [0.25, 0.3) is 5.57 Å². The molecule has 3 aromatic carbocycles. The summed E-state index contributed by atoms with van der Waals surface area (Å²) in [5.41, 5.74) is 6.07. The zero-order chi connectivity index (χ0) is 23.7. The topological polar surface area (TPSA) is 49.9 Å². The van der Waals surface area contributed by atoms with Crippen LogP contribution in [0, 0.1) is 20.8 Å². The lowest BCUT2D eigenvalue weighted by Crippen LogP contribution is -2.34. The third kappa shape index (κ3) is 4.14. The first-order valence-electron chi connectivity index (χ1n) is 10.9. The molecule has 33 heavy (non-hydrogen) atoms. The number of carbonyl (C=O) groups is 2.